The zero-order valence-corrected chi connectivity index (χ0v) is 12.9. The van der Waals surface area contributed by atoms with Crippen LogP contribution in [-0.4, -0.2) is 25.5 Å². The van der Waals surface area contributed by atoms with Gasteiger partial charge in [-0.25, -0.2) is 0 Å². The molecule has 20 heavy (non-hydrogen) atoms. The number of nitrogens with one attached hydrogen (secondary N) is 1. The zero-order chi connectivity index (χ0) is 15.1. The van der Waals surface area contributed by atoms with E-state index in [9.17, 15) is 9.59 Å². The smallest absolute Gasteiger partial charge is 0.307 e. The van der Waals surface area contributed by atoms with Gasteiger partial charge in [0.15, 0.2) is 0 Å². The summed E-state index contributed by atoms with van der Waals surface area (Å²) < 4.78 is 4.68. The van der Waals surface area contributed by atoms with Crippen molar-refractivity contribution in [2.45, 2.75) is 26.3 Å². The standard InChI is InChI=1S/C14H22N2O3S/c1-9(2)10(8-15)14(18)16-11(7-13(17)19-3)12-5-4-6-20-12/h4-6,9-11H,7-8,15H2,1-3H3,(H,16,18). The number of nitrogens with two attached hydrogens (primary N) is 1. The fourth-order valence-electron chi connectivity index (χ4n) is 1.92. The molecule has 0 aliphatic carbocycles. The summed E-state index contributed by atoms with van der Waals surface area (Å²) in [5.41, 5.74) is 5.65. The minimum absolute atomic E-state index is 0.121. The Balaban J connectivity index is 2.79. The van der Waals surface area contributed by atoms with E-state index in [4.69, 9.17) is 5.73 Å². The quantitative estimate of drug-likeness (QED) is 0.751. The molecule has 0 saturated heterocycles. The molecule has 3 N–H and O–H groups in total. The Kier molecular flexibility index (Phi) is 6.67. The monoisotopic (exact) mass is 298 g/mol. The molecular formula is C14H22N2O3S. The van der Waals surface area contributed by atoms with Gasteiger partial charge in [0.05, 0.1) is 25.5 Å². The highest BCUT2D eigenvalue weighted by molar-refractivity contribution is 7.10. The maximum Gasteiger partial charge on any atom is 0.307 e. The van der Waals surface area contributed by atoms with E-state index < -0.39 is 0 Å². The molecule has 1 amide bonds. The van der Waals surface area contributed by atoms with Crippen LogP contribution in [0.5, 0.6) is 0 Å². The van der Waals surface area contributed by atoms with Crippen molar-refractivity contribution in [3.8, 4) is 0 Å². The summed E-state index contributed by atoms with van der Waals surface area (Å²) >= 11 is 1.50. The highest BCUT2D eigenvalue weighted by Crippen LogP contribution is 2.23. The molecule has 0 aliphatic rings. The third-order valence-corrected chi connectivity index (χ3v) is 4.18. The van der Waals surface area contributed by atoms with Crippen LogP contribution in [0.1, 0.15) is 31.2 Å². The van der Waals surface area contributed by atoms with E-state index in [1.54, 1.807) is 0 Å². The van der Waals surface area contributed by atoms with E-state index in [0.29, 0.717) is 6.54 Å². The normalized spacial score (nSPS) is 13.8. The van der Waals surface area contributed by atoms with Gasteiger partial charge in [0.2, 0.25) is 5.91 Å². The van der Waals surface area contributed by atoms with Gasteiger partial charge in [-0.1, -0.05) is 19.9 Å². The number of hydrogen-bond acceptors (Lipinski definition) is 5. The van der Waals surface area contributed by atoms with Gasteiger partial charge in [0.1, 0.15) is 0 Å². The molecule has 6 heteroatoms. The molecule has 0 saturated carbocycles. The summed E-state index contributed by atoms with van der Waals surface area (Å²) in [4.78, 5) is 24.7. The van der Waals surface area contributed by atoms with Crippen molar-refractivity contribution < 1.29 is 14.3 Å². The van der Waals surface area contributed by atoms with Crippen molar-refractivity contribution in [2.75, 3.05) is 13.7 Å². The van der Waals surface area contributed by atoms with E-state index in [1.165, 1.54) is 18.4 Å². The summed E-state index contributed by atoms with van der Waals surface area (Å²) in [7, 11) is 1.34. The first kappa shape index (κ1) is 16.7. The number of carbonyl (C=O) groups is 2. The summed E-state index contributed by atoms with van der Waals surface area (Å²) in [6, 6.07) is 3.42. The van der Waals surface area contributed by atoms with Crippen molar-refractivity contribution in [2.24, 2.45) is 17.6 Å². The van der Waals surface area contributed by atoms with Gasteiger partial charge in [-0.3, -0.25) is 9.59 Å². The third kappa shape index (κ3) is 4.61. The number of ether oxygens (including phenoxy) is 1. The number of amides is 1. The van der Waals surface area contributed by atoms with E-state index in [2.05, 4.69) is 10.1 Å². The van der Waals surface area contributed by atoms with Crippen LogP contribution in [0.15, 0.2) is 17.5 Å². The summed E-state index contributed by atoms with van der Waals surface area (Å²) in [5.74, 6) is -0.570. The molecular weight excluding hydrogens is 276 g/mol. The maximum absolute atomic E-state index is 12.3. The highest BCUT2D eigenvalue weighted by atomic mass is 32.1. The van der Waals surface area contributed by atoms with Gasteiger partial charge >= 0.3 is 5.97 Å². The van der Waals surface area contributed by atoms with Crippen LogP contribution >= 0.6 is 11.3 Å². The molecule has 2 atom stereocenters. The predicted molar refractivity (Wildman–Crippen MR) is 79.2 cm³/mol. The van der Waals surface area contributed by atoms with Crippen molar-refractivity contribution >= 4 is 23.2 Å². The number of rotatable bonds is 7. The summed E-state index contributed by atoms with van der Waals surface area (Å²) in [6.45, 7) is 4.20. The van der Waals surface area contributed by atoms with Crippen LogP contribution < -0.4 is 11.1 Å². The average Bonchev–Trinajstić information content (AvgIpc) is 2.91. The second kappa shape index (κ2) is 8.01. The maximum atomic E-state index is 12.3. The van der Waals surface area contributed by atoms with Gasteiger partial charge in [0, 0.05) is 11.4 Å². The number of thiophene rings is 1. The van der Waals surface area contributed by atoms with E-state index >= 15 is 0 Å². The molecule has 5 nitrogen and oxygen atoms in total. The molecule has 1 aromatic heterocycles. The van der Waals surface area contributed by atoms with Gasteiger partial charge in [0.25, 0.3) is 0 Å². The Morgan fingerprint density at radius 2 is 2.15 bits per heavy atom. The summed E-state index contributed by atoms with van der Waals surface area (Å²) in [6.07, 6.45) is 0.123. The lowest BCUT2D eigenvalue weighted by Gasteiger charge is -2.22. The van der Waals surface area contributed by atoms with Gasteiger partial charge in [-0.15, -0.1) is 11.3 Å². The Hall–Kier alpha value is -1.40. The molecule has 1 rings (SSSR count). The number of esters is 1. The fourth-order valence-corrected chi connectivity index (χ4v) is 2.70. The molecule has 1 heterocycles. The second-order valence-corrected chi connectivity index (χ2v) is 5.92. The average molecular weight is 298 g/mol. The lowest BCUT2D eigenvalue weighted by Crippen LogP contribution is -2.40. The Morgan fingerprint density at radius 1 is 1.45 bits per heavy atom. The lowest BCUT2D eigenvalue weighted by molar-refractivity contribution is -0.141. The second-order valence-electron chi connectivity index (χ2n) is 4.94. The van der Waals surface area contributed by atoms with Crippen LogP contribution in [0.25, 0.3) is 0 Å². The van der Waals surface area contributed by atoms with Crippen molar-refractivity contribution in [1.82, 2.24) is 5.32 Å². The van der Waals surface area contributed by atoms with Gasteiger partial charge in [-0.2, -0.15) is 0 Å². The topological polar surface area (TPSA) is 81.4 Å². The SMILES string of the molecule is COC(=O)CC(NC(=O)C(CN)C(C)C)c1cccs1. The minimum Gasteiger partial charge on any atom is -0.469 e. The molecule has 1 aromatic rings. The number of hydrogen-bond donors (Lipinski definition) is 2. The lowest BCUT2D eigenvalue weighted by atomic mass is 9.94. The van der Waals surface area contributed by atoms with Crippen LogP contribution in [-0.2, 0) is 14.3 Å². The summed E-state index contributed by atoms with van der Waals surface area (Å²) in [5, 5.41) is 4.82. The zero-order valence-electron chi connectivity index (χ0n) is 12.1. The Morgan fingerprint density at radius 3 is 2.60 bits per heavy atom. The van der Waals surface area contributed by atoms with Gasteiger partial charge < -0.3 is 15.8 Å². The molecule has 2 unspecified atom stereocenters. The van der Waals surface area contributed by atoms with Crippen molar-refractivity contribution in [3.63, 3.8) is 0 Å². The molecule has 0 fully saturated rings. The Labute approximate surface area is 123 Å². The van der Waals surface area contributed by atoms with Gasteiger partial charge in [-0.05, 0) is 17.4 Å². The van der Waals surface area contributed by atoms with E-state index in [-0.39, 0.29) is 36.2 Å². The number of methoxy groups -OCH3 is 1. The fraction of sp³-hybridized carbons (Fsp3) is 0.571. The van der Waals surface area contributed by atoms with E-state index in [1.807, 2.05) is 31.4 Å². The Bertz CT molecular complexity index is 432. The first-order chi connectivity index (χ1) is 9.49. The van der Waals surface area contributed by atoms with Crippen LogP contribution in [0.2, 0.25) is 0 Å². The molecule has 0 aliphatic heterocycles. The molecule has 0 aromatic carbocycles. The minimum atomic E-state index is -0.359. The predicted octanol–water partition coefficient (Wildman–Crippen LogP) is 1.70. The third-order valence-electron chi connectivity index (χ3n) is 3.20. The van der Waals surface area contributed by atoms with Crippen LogP contribution in [0.4, 0.5) is 0 Å². The van der Waals surface area contributed by atoms with Crippen LogP contribution in [0.3, 0.4) is 0 Å². The molecule has 0 radical (unpaired) electrons. The van der Waals surface area contributed by atoms with Crippen molar-refractivity contribution in [1.29, 1.82) is 0 Å². The largest absolute Gasteiger partial charge is 0.469 e. The van der Waals surface area contributed by atoms with E-state index in [0.717, 1.165) is 4.88 Å². The van der Waals surface area contributed by atoms with Crippen molar-refractivity contribution in [3.05, 3.63) is 22.4 Å². The molecule has 112 valence electrons. The molecule has 0 spiro atoms. The molecule has 0 bridgehead atoms. The number of carbonyl (C=O) groups excluding carboxylic acids is 2. The first-order valence-electron chi connectivity index (χ1n) is 6.60. The first-order valence-corrected chi connectivity index (χ1v) is 7.48. The highest BCUT2D eigenvalue weighted by Gasteiger charge is 2.25. The van der Waals surface area contributed by atoms with Crippen LogP contribution in [0, 0.1) is 11.8 Å².